The lowest BCUT2D eigenvalue weighted by atomic mass is 9.99. The Hall–Kier alpha value is -3.79. The summed E-state index contributed by atoms with van der Waals surface area (Å²) in [6.07, 6.45) is 4.90. The normalized spacial score (nSPS) is 11.6. The summed E-state index contributed by atoms with van der Waals surface area (Å²) in [5.41, 5.74) is 1.61. The van der Waals surface area contributed by atoms with E-state index in [4.69, 9.17) is 11.2 Å². The zero-order chi connectivity index (χ0) is 23.7. The molecule has 32 heavy (non-hydrogen) atoms. The number of carbonyl (C=O) groups is 3. The van der Waals surface area contributed by atoms with E-state index in [0.717, 1.165) is 16.0 Å². The topological polar surface area (TPSA) is 87.7 Å². The summed E-state index contributed by atoms with van der Waals surface area (Å²) >= 11 is 0. The highest BCUT2D eigenvalue weighted by molar-refractivity contribution is 5.91. The number of hydrogen-bond donors (Lipinski definition) is 2. The van der Waals surface area contributed by atoms with Crippen molar-refractivity contribution < 1.29 is 19.1 Å². The second kappa shape index (κ2) is 11.0. The average Bonchev–Trinajstić information content (AvgIpc) is 2.74. The largest absolute Gasteiger partial charge is 0.444 e. The molecule has 0 saturated heterocycles. The van der Waals surface area contributed by atoms with E-state index in [-0.39, 0.29) is 6.54 Å². The zero-order valence-electron chi connectivity index (χ0n) is 18.8. The van der Waals surface area contributed by atoms with Crippen molar-refractivity contribution in [1.29, 1.82) is 0 Å². The van der Waals surface area contributed by atoms with Gasteiger partial charge >= 0.3 is 6.09 Å². The molecular weight excluding hydrogens is 406 g/mol. The van der Waals surface area contributed by atoms with E-state index in [2.05, 4.69) is 16.7 Å². The molecule has 7 nitrogen and oxygen atoms in total. The maximum absolute atomic E-state index is 13.2. The predicted molar refractivity (Wildman–Crippen MR) is 122 cm³/mol. The quantitative estimate of drug-likeness (QED) is 0.516. The predicted octanol–water partition coefficient (Wildman–Crippen LogP) is 3.30. The Kier molecular flexibility index (Phi) is 8.42. The Labute approximate surface area is 189 Å². The average molecular weight is 436 g/mol. The van der Waals surface area contributed by atoms with E-state index in [9.17, 15) is 14.4 Å². The summed E-state index contributed by atoms with van der Waals surface area (Å²) in [6.45, 7) is 6.86. The van der Waals surface area contributed by atoms with E-state index in [1.54, 1.807) is 32.9 Å². The molecule has 0 saturated carbocycles. The van der Waals surface area contributed by atoms with Crippen LogP contribution in [0.15, 0.2) is 54.6 Å². The summed E-state index contributed by atoms with van der Waals surface area (Å²) in [7, 11) is 0. The van der Waals surface area contributed by atoms with Gasteiger partial charge in [0, 0.05) is 12.6 Å². The molecule has 0 heterocycles. The minimum atomic E-state index is -1.06. The number of carbonyl (C=O) groups excluding carboxylic acids is 3. The van der Waals surface area contributed by atoms with Crippen LogP contribution in [0.5, 0.6) is 0 Å². The lowest BCUT2D eigenvalue weighted by molar-refractivity contribution is -0.136. The number of aryl methyl sites for hydroxylation is 1. The van der Waals surface area contributed by atoms with Gasteiger partial charge in [0.1, 0.15) is 18.2 Å². The molecule has 0 aliphatic heterocycles. The van der Waals surface area contributed by atoms with Crippen LogP contribution in [-0.2, 0) is 20.9 Å². The number of hydrogen-bond acceptors (Lipinski definition) is 4. The van der Waals surface area contributed by atoms with E-state index in [0.29, 0.717) is 5.56 Å². The number of nitrogens with one attached hydrogen (secondary N) is 2. The van der Waals surface area contributed by atoms with E-state index < -0.39 is 36.1 Å². The van der Waals surface area contributed by atoms with Crippen molar-refractivity contribution in [3.63, 3.8) is 0 Å². The minimum Gasteiger partial charge on any atom is -0.444 e. The van der Waals surface area contributed by atoms with Gasteiger partial charge in [-0.2, -0.15) is 0 Å². The van der Waals surface area contributed by atoms with Gasteiger partial charge in [-0.15, -0.1) is 0 Å². The highest BCUT2D eigenvalue weighted by Crippen LogP contribution is 2.24. The van der Waals surface area contributed by atoms with Crippen molar-refractivity contribution in [3.05, 3.63) is 71.3 Å². The van der Waals surface area contributed by atoms with Crippen LogP contribution in [0, 0.1) is 19.4 Å². The van der Waals surface area contributed by atoms with E-state index in [1.165, 1.54) is 0 Å². The van der Waals surface area contributed by atoms with Gasteiger partial charge in [-0.3, -0.25) is 14.5 Å². The number of alkyl carbamates (subject to hydrolysis) is 1. The first-order valence-corrected chi connectivity index (χ1v) is 10.2. The molecular formula is C25H29N3O4. The molecule has 2 aromatic rings. The van der Waals surface area contributed by atoms with Crippen molar-refractivity contribution in [1.82, 2.24) is 15.5 Å². The minimum absolute atomic E-state index is 0.283. The lowest BCUT2D eigenvalue weighted by Crippen LogP contribution is -2.45. The summed E-state index contributed by atoms with van der Waals surface area (Å²) < 4.78 is 5.15. The standard InChI is InChI=1S/C25H29N3O4/c1-6-28(21(29)17-27-24(31)32-25(3,4)5)22(20-15-11-10-12-18(20)2)23(30)26-16-19-13-8-7-9-14-19/h1,7-15,22H,16-17H2,2-5H3,(H,26,30)(H,27,31). The molecule has 0 spiro atoms. The van der Waals surface area contributed by atoms with Gasteiger partial charge in [0.15, 0.2) is 0 Å². The number of amides is 3. The van der Waals surface area contributed by atoms with Crippen LogP contribution in [0.2, 0.25) is 0 Å². The second-order valence-electron chi connectivity index (χ2n) is 8.21. The summed E-state index contributed by atoms with van der Waals surface area (Å²) in [5, 5.41) is 5.24. The van der Waals surface area contributed by atoms with Crippen LogP contribution in [0.25, 0.3) is 0 Å². The molecule has 0 aliphatic rings. The number of ether oxygens (including phenoxy) is 1. The van der Waals surface area contributed by atoms with E-state index >= 15 is 0 Å². The van der Waals surface area contributed by atoms with Crippen molar-refractivity contribution >= 4 is 17.9 Å². The monoisotopic (exact) mass is 435 g/mol. The molecule has 0 fully saturated rings. The Balaban J connectivity index is 2.22. The third-order valence-corrected chi connectivity index (χ3v) is 4.49. The van der Waals surface area contributed by atoms with Crippen molar-refractivity contribution in [2.24, 2.45) is 0 Å². The first-order valence-electron chi connectivity index (χ1n) is 10.2. The van der Waals surface area contributed by atoms with Crippen LogP contribution in [0.4, 0.5) is 4.79 Å². The zero-order valence-corrected chi connectivity index (χ0v) is 18.8. The Bertz CT molecular complexity index is 990. The third-order valence-electron chi connectivity index (χ3n) is 4.49. The maximum Gasteiger partial charge on any atom is 0.408 e. The van der Waals surface area contributed by atoms with Gasteiger partial charge in [-0.25, -0.2) is 4.79 Å². The highest BCUT2D eigenvalue weighted by Gasteiger charge is 2.32. The molecule has 168 valence electrons. The third kappa shape index (κ3) is 7.17. The van der Waals surface area contributed by atoms with Crippen molar-refractivity contribution in [2.45, 2.75) is 45.9 Å². The first-order chi connectivity index (χ1) is 15.1. The fourth-order valence-electron chi connectivity index (χ4n) is 3.01. The first kappa shape index (κ1) is 24.5. The van der Waals surface area contributed by atoms with Crippen LogP contribution in [-0.4, -0.2) is 35.0 Å². The van der Waals surface area contributed by atoms with Gasteiger partial charge in [0.2, 0.25) is 5.91 Å². The van der Waals surface area contributed by atoms with Crippen LogP contribution < -0.4 is 10.6 Å². The van der Waals surface area contributed by atoms with Crippen LogP contribution in [0.3, 0.4) is 0 Å². The van der Waals surface area contributed by atoms with Crippen LogP contribution >= 0.6 is 0 Å². The van der Waals surface area contributed by atoms with Gasteiger partial charge in [-0.05, 0) is 44.4 Å². The molecule has 3 amide bonds. The molecule has 0 bridgehead atoms. The smallest absolute Gasteiger partial charge is 0.408 e. The molecule has 1 atom stereocenters. The second-order valence-corrected chi connectivity index (χ2v) is 8.21. The fraction of sp³-hybridized carbons (Fsp3) is 0.320. The Morgan fingerprint density at radius 1 is 1.03 bits per heavy atom. The molecule has 0 aromatic heterocycles. The number of benzene rings is 2. The van der Waals surface area contributed by atoms with Crippen molar-refractivity contribution in [2.75, 3.05) is 6.54 Å². The summed E-state index contributed by atoms with van der Waals surface area (Å²) in [6, 6.07) is 17.9. The van der Waals surface area contributed by atoms with Gasteiger partial charge in [-0.1, -0.05) is 61.0 Å². The molecule has 0 aliphatic carbocycles. The molecule has 2 N–H and O–H groups in total. The van der Waals surface area contributed by atoms with Crippen molar-refractivity contribution in [3.8, 4) is 12.5 Å². The van der Waals surface area contributed by atoms with Crippen LogP contribution in [0.1, 0.15) is 43.5 Å². The number of nitrogens with zero attached hydrogens (tertiary/aromatic N) is 1. The van der Waals surface area contributed by atoms with Gasteiger partial charge in [0.25, 0.3) is 5.91 Å². The molecule has 0 radical (unpaired) electrons. The number of terminal acetylenes is 1. The lowest BCUT2D eigenvalue weighted by Gasteiger charge is -2.28. The maximum atomic E-state index is 13.2. The molecule has 2 aromatic carbocycles. The Morgan fingerprint density at radius 3 is 2.25 bits per heavy atom. The summed E-state index contributed by atoms with van der Waals surface area (Å²) in [4.78, 5) is 39.0. The van der Waals surface area contributed by atoms with E-state index in [1.807, 2.05) is 49.4 Å². The van der Waals surface area contributed by atoms with Gasteiger partial charge < -0.3 is 15.4 Å². The number of rotatable bonds is 7. The molecule has 7 heteroatoms. The SMILES string of the molecule is C#CN(C(=O)CNC(=O)OC(C)(C)C)C(C(=O)NCc1ccccc1)c1ccccc1C. The highest BCUT2D eigenvalue weighted by atomic mass is 16.6. The van der Waals surface area contributed by atoms with Gasteiger partial charge in [0.05, 0.1) is 0 Å². The molecule has 1 unspecified atom stereocenters. The Morgan fingerprint density at radius 2 is 1.66 bits per heavy atom. The summed E-state index contributed by atoms with van der Waals surface area (Å²) in [5.74, 6) is -1.03. The molecule has 2 rings (SSSR count). The fourth-order valence-corrected chi connectivity index (χ4v) is 3.01.